The van der Waals surface area contributed by atoms with Crippen molar-refractivity contribution in [3.8, 4) is 5.75 Å². The summed E-state index contributed by atoms with van der Waals surface area (Å²) < 4.78 is 5.85. The normalized spacial score (nSPS) is 10.3. The van der Waals surface area contributed by atoms with Crippen molar-refractivity contribution in [2.45, 2.75) is 13.5 Å². The fourth-order valence-corrected chi connectivity index (χ4v) is 2.62. The molecule has 0 aliphatic rings. The largest absolute Gasteiger partial charge is 0.488 e. The number of hydrogen-bond donors (Lipinski definition) is 1. The summed E-state index contributed by atoms with van der Waals surface area (Å²) in [6.45, 7) is 2.33. The maximum Gasteiger partial charge on any atom is 0.259 e. The molecule has 1 N–H and O–H groups in total. The number of rotatable bonds is 5. The molecule has 0 fully saturated rings. The molecule has 0 radical (unpaired) electrons. The number of benzene rings is 3. The molecular weight excluding hydrogens is 334 g/mol. The van der Waals surface area contributed by atoms with Crippen molar-refractivity contribution in [3.05, 3.63) is 94.5 Å². The van der Waals surface area contributed by atoms with Crippen LogP contribution in [0.4, 0.5) is 5.69 Å². The van der Waals surface area contributed by atoms with Gasteiger partial charge in [0.05, 0.1) is 5.56 Å². The summed E-state index contributed by atoms with van der Waals surface area (Å²) in [6.07, 6.45) is 0. The lowest BCUT2D eigenvalue weighted by Crippen LogP contribution is -2.14. The van der Waals surface area contributed by atoms with E-state index in [1.165, 1.54) is 0 Å². The van der Waals surface area contributed by atoms with E-state index in [4.69, 9.17) is 16.3 Å². The Balaban J connectivity index is 1.81. The van der Waals surface area contributed by atoms with Gasteiger partial charge in [0.15, 0.2) is 0 Å². The number of carbonyl (C=O) groups is 1. The number of aryl methyl sites for hydroxylation is 1. The standard InChI is InChI=1S/C21H18ClNO2/c1-15-7-5-6-10-19(15)23-21(24)18-13-17(22)11-12-20(18)25-14-16-8-3-2-4-9-16/h2-13H,14H2,1H3,(H,23,24). The molecule has 1 amide bonds. The maximum atomic E-state index is 12.7. The third-order valence-corrected chi connectivity index (χ3v) is 4.05. The Bertz CT molecular complexity index is 878. The zero-order valence-electron chi connectivity index (χ0n) is 13.8. The molecule has 0 atom stereocenters. The Labute approximate surface area is 152 Å². The van der Waals surface area contributed by atoms with E-state index in [-0.39, 0.29) is 5.91 Å². The first-order valence-electron chi connectivity index (χ1n) is 7.97. The Kier molecular flexibility index (Phi) is 5.36. The summed E-state index contributed by atoms with van der Waals surface area (Å²) in [7, 11) is 0. The van der Waals surface area contributed by atoms with Crippen molar-refractivity contribution in [1.29, 1.82) is 0 Å². The second-order valence-corrected chi connectivity index (χ2v) is 6.12. The zero-order valence-corrected chi connectivity index (χ0v) is 14.6. The van der Waals surface area contributed by atoms with Crippen molar-refractivity contribution < 1.29 is 9.53 Å². The Hall–Kier alpha value is -2.78. The van der Waals surface area contributed by atoms with Crippen molar-refractivity contribution >= 4 is 23.2 Å². The van der Waals surface area contributed by atoms with Crippen LogP contribution in [0, 0.1) is 6.92 Å². The van der Waals surface area contributed by atoms with E-state index in [0.717, 1.165) is 16.8 Å². The lowest BCUT2D eigenvalue weighted by Gasteiger charge is -2.13. The topological polar surface area (TPSA) is 38.3 Å². The van der Waals surface area contributed by atoms with E-state index >= 15 is 0 Å². The summed E-state index contributed by atoms with van der Waals surface area (Å²) in [4.78, 5) is 12.7. The average molecular weight is 352 g/mol. The van der Waals surface area contributed by atoms with Gasteiger partial charge in [0.1, 0.15) is 12.4 Å². The molecule has 3 aromatic carbocycles. The van der Waals surface area contributed by atoms with Gasteiger partial charge >= 0.3 is 0 Å². The molecule has 3 aromatic rings. The van der Waals surface area contributed by atoms with Gasteiger partial charge in [-0.1, -0.05) is 60.1 Å². The number of nitrogens with one attached hydrogen (secondary N) is 1. The lowest BCUT2D eigenvalue weighted by molar-refractivity contribution is 0.102. The van der Waals surface area contributed by atoms with Gasteiger partial charge in [-0.25, -0.2) is 0 Å². The fraction of sp³-hybridized carbons (Fsp3) is 0.0952. The van der Waals surface area contributed by atoms with Gasteiger partial charge < -0.3 is 10.1 Å². The van der Waals surface area contributed by atoms with Crippen LogP contribution in [-0.2, 0) is 6.61 Å². The Morgan fingerprint density at radius 3 is 2.48 bits per heavy atom. The average Bonchev–Trinajstić information content (AvgIpc) is 2.63. The van der Waals surface area contributed by atoms with Gasteiger partial charge in [0, 0.05) is 10.7 Å². The highest BCUT2D eigenvalue weighted by molar-refractivity contribution is 6.31. The first-order valence-corrected chi connectivity index (χ1v) is 8.34. The molecule has 0 aromatic heterocycles. The third kappa shape index (κ3) is 4.40. The smallest absolute Gasteiger partial charge is 0.259 e. The van der Waals surface area contributed by atoms with Gasteiger partial charge in [-0.05, 0) is 42.3 Å². The molecule has 0 heterocycles. The van der Waals surface area contributed by atoms with Crippen molar-refractivity contribution in [1.82, 2.24) is 0 Å². The molecule has 0 bridgehead atoms. The summed E-state index contributed by atoms with van der Waals surface area (Å²) in [5, 5.41) is 3.40. The highest BCUT2D eigenvalue weighted by Crippen LogP contribution is 2.25. The second-order valence-electron chi connectivity index (χ2n) is 5.68. The molecule has 25 heavy (non-hydrogen) atoms. The maximum absolute atomic E-state index is 12.7. The van der Waals surface area contributed by atoms with Crippen LogP contribution in [0.15, 0.2) is 72.8 Å². The first kappa shape index (κ1) is 17.1. The lowest BCUT2D eigenvalue weighted by atomic mass is 10.1. The summed E-state index contributed by atoms with van der Waals surface area (Å²) in [5.74, 6) is 0.249. The van der Waals surface area contributed by atoms with Gasteiger partial charge in [0.2, 0.25) is 0 Å². The minimum absolute atomic E-state index is 0.250. The molecule has 3 nitrogen and oxygen atoms in total. The Morgan fingerprint density at radius 2 is 1.72 bits per heavy atom. The number of anilines is 1. The number of amides is 1. The Morgan fingerprint density at radius 1 is 1.00 bits per heavy atom. The number of ether oxygens (including phenoxy) is 1. The van der Waals surface area contributed by atoms with Gasteiger partial charge in [-0.3, -0.25) is 4.79 Å². The van der Waals surface area contributed by atoms with Crippen LogP contribution in [0.25, 0.3) is 0 Å². The summed E-state index contributed by atoms with van der Waals surface area (Å²) in [6, 6.07) is 22.5. The van der Waals surface area contributed by atoms with Crippen LogP contribution >= 0.6 is 11.6 Å². The van der Waals surface area contributed by atoms with Crippen molar-refractivity contribution in [3.63, 3.8) is 0 Å². The quantitative estimate of drug-likeness (QED) is 0.661. The predicted molar refractivity (Wildman–Crippen MR) is 101 cm³/mol. The van der Waals surface area contributed by atoms with E-state index < -0.39 is 0 Å². The molecule has 126 valence electrons. The van der Waals surface area contributed by atoms with Gasteiger partial charge in [-0.15, -0.1) is 0 Å². The number of para-hydroxylation sites is 1. The highest BCUT2D eigenvalue weighted by atomic mass is 35.5. The molecule has 0 unspecified atom stereocenters. The van der Waals surface area contributed by atoms with Crippen molar-refractivity contribution in [2.75, 3.05) is 5.32 Å². The molecule has 4 heteroatoms. The van der Waals surface area contributed by atoms with Crippen LogP contribution in [0.5, 0.6) is 5.75 Å². The molecule has 3 rings (SSSR count). The van der Waals surface area contributed by atoms with Crippen LogP contribution < -0.4 is 10.1 Å². The van der Waals surface area contributed by atoms with E-state index in [2.05, 4.69) is 5.32 Å². The summed E-state index contributed by atoms with van der Waals surface area (Å²) >= 11 is 6.08. The molecule has 0 saturated carbocycles. The predicted octanol–water partition coefficient (Wildman–Crippen LogP) is 5.48. The molecule has 0 aliphatic heterocycles. The van der Waals surface area contributed by atoms with E-state index in [1.807, 2.05) is 61.5 Å². The number of hydrogen-bond acceptors (Lipinski definition) is 2. The number of carbonyl (C=O) groups excluding carboxylic acids is 1. The molecular formula is C21H18ClNO2. The highest BCUT2D eigenvalue weighted by Gasteiger charge is 2.14. The first-order chi connectivity index (χ1) is 12.1. The van der Waals surface area contributed by atoms with Crippen LogP contribution in [0.1, 0.15) is 21.5 Å². The van der Waals surface area contributed by atoms with Crippen LogP contribution in [0.3, 0.4) is 0 Å². The van der Waals surface area contributed by atoms with Gasteiger partial charge in [0.25, 0.3) is 5.91 Å². The summed E-state index contributed by atoms with van der Waals surface area (Å²) in [5.41, 5.74) is 3.19. The third-order valence-electron chi connectivity index (χ3n) is 3.82. The minimum atomic E-state index is -0.250. The molecule has 0 spiro atoms. The van der Waals surface area contributed by atoms with E-state index in [0.29, 0.717) is 22.9 Å². The van der Waals surface area contributed by atoms with E-state index in [1.54, 1.807) is 18.2 Å². The monoisotopic (exact) mass is 351 g/mol. The van der Waals surface area contributed by atoms with Crippen molar-refractivity contribution in [2.24, 2.45) is 0 Å². The number of halogens is 1. The fourth-order valence-electron chi connectivity index (χ4n) is 2.44. The van der Waals surface area contributed by atoms with E-state index in [9.17, 15) is 4.79 Å². The molecule has 0 saturated heterocycles. The second kappa shape index (κ2) is 7.86. The minimum Gasteiger partial charge on any atom is -0.488 e. The zero-order chi connectivity index (χ0) is 17.6. The van der Waals surface area contributed by atoms with Crippen LogP contribution in [-0.4, -0.2) is 5.91 Å². The van der Waals surface area contributed by atoms with Crippen LogP contribution in [0.2, 0.25) is 5.02 Å². The SMILES string of the molecule is Cc1ccccc1NC(=O)c1cc(Cl)ccc1OCc1ccccc1. The van der Waals surface area contributed by atoms with Gasteiger partial charge in [-0.2, -0.15) is 0 Å². The molecule has 0 aliphatic carbocycles.